The van der Waals surface area contributed by atoms with E-state index < -0.39 is 5.54 Å². The SMILES string of the molecule is CC(=O)NC1(c2noc(CCC(=O)NCCc3ccc(OC(C)C)cc3)n2)CCCCCC1. The summed E-state index contributed by atoms with van der Waals surface area (Å²) in [4.78, 5) is 28.6. The van der Waals surface area contributed by atoms with Gasteiger partial charge in [0.2, 0.25) is 17.7 Å². The van der Waals surface area contributed by atoms with Crippen molar-refractivity contribution in [1.82, 2.24) is 20.8 Å². The first-order valence-corrected chi connectivity index (χ1v) is 12.0. The molecule has 1 fully saturated rings. The van der Waals surface area contributed by atoms with Gasteiger partial charge in [-0.2, -0.15) is 4.98 Å². The van der Waals surface area contributed by atoms with Crippen LogP contribution >= 0.6 is 0 Å². The van der Waals surface area contributed by atoms with Crippen molar-refractivity contribution in [3.63, 3.8) is 0 Å². The second kappa shape index (κ2) is 11.8. The van der Waals surface area contributed by atoms with E-state index in [4.69, 9.17) is 9.26 Å². The van der Waals surface area contributed by atoms with Gasteiger partial charge < -0.3 is 19.9 Å². The first-order chi connectivity index (χ1) is 15.9. The summed E-state index contributed by atoms with van der Waals surface area (Å²) < 4.78 is 11.1. The Labute approximate surface area is 195 Å². The molecule has 0 bridgehead atoms. The predicted octanol–water partition coefficient (Wildman–Crippen LogP) is 3.83. The first-order valence-electron chi connectivity index (χ1n) is 12.0. The molecule has 2 amide bonds. The fraction of sp³-hybridized carbons (Fsp3) is 0.600. The summed E-state index contributed by atoms with van der Waals surface area (Å²) in [7, 11) is 0. The summed E-state index contributed by atoms with van der Waals surface area (Å²) in [5, 5.41) is 10.2. The molecule has 0 saturated heterocycles. The predicted molar refractivity (Wildman–Crippen MR) is 125 cm³/mol. The number of carbonyl (C=O) groups is 2. The van der Waals surface area contributed by atoms with E-state index in [1.807, 2.05) is 38.1 Å². The van der Waals surface area contributed by atoms with Crippen LogP contribution in [-0.4, -0.2) is 34.6 Å². The van der Waals surface area contributed by atoms with E-state index in [0.29, 0.717) is 24.7 Å². The van der Waals surface area contributed by atoms with Gasteiger partial charge in [0.25, 0.3) is 0 Å². The van der Waals surface area contributed by atoms with Gasteiger partial charge in [-0.15, -0.1) is 0 Å². The van der Waals surface area contributed by atoms with E-state index in [0.717, 1.165) is 56.3 Å². The quantitative estimate of drug-likeness (QED) is 0.526. The molecular formula is C25H36N4O4. The molecule has 1 aromatic carbocycles. The molecule has 3 rings (SSSR count). The highest BCUT2D eigenvalue weighted by Gasteiger charge is 2.38. The highest BCUT2D eigenvalue weighted by molar-refractivity contribution is 5.76. The molecule has 0 aliphatic heterocycles. The topological polar surface area (TPSA) is 106 Å². The Morgan fingerprint density at radius 3 is 2.42 bits per heavy atom. The van der Waals surface area contributed by atoms with Crippen molar-refractivity contribution in [3.8, 4) is 5.75 Å². The van der Waals surface area contributed by atoms with Gasteiger partial charge in [0.05, 0.1) is 6.10 Å². The number of hydrogen-bond acceptors (Lipinski definition) is 6. The molecule has 1 heterocycles. The van der Waals surface area contributed by atoms with Gasteiger partial charge in [-0.25, -0.2) is 0 Å². The van der Waals surface area contributed by atoms with Crippen molar-refractivity contribution in [2.75, 3.05) is 6.54 Å². The standard InChI is InChI=1S/C25H36N4O4/c1-18(2)32-21-10-8-20(9-11-21)14-17-26-22(31)12-13-23-27-24(29-33-23)25(28-19(3)30)15-6-4-5-7-16-25/h8-11,18H,4-7,12-17H2,1-3H3,(H,26,31)(H,28,30). The van der Waals surface area contributed by atoms with Crippen molar-refractivity contribution < 1.29 is 18.8 Å². The van der Waals surface area contributed by atoms with Crippen LogP contribution in [0.1, 0.15) is 83.0 Å². The van der Waals surface area contributed by atoms with E-state index in [2.05, 4.69) is 20.8 Å². The van der Waals surface area contributed by atoms with Crippen LogP contribution < -0.4 is 15.4 Å². The van der Waals surface area contributed by atoms with Gasteiger partial charge in [0.15, 0.2) is 5.82 Å². The van der Waals surface area contributed by atoms with Crippen LogP contribution in [0.3, 0.4) is 0 Å². The Morgan fingerprint density at radius 1 is 1.09 bits per heavy atom. The molecule has 8 nitrogen and oxygen atoms in total. The molecule has 0 radical (unpaired) electrons. The zero-order valence-corrected chi connectivity index (χ0v) is 20.0. The van der Waals surface area contributed by atoms with Crippen LogP contribution in [0.4, 0.5) is 0 Å². The maximum absolute atomic E-state index is 12.3. The molecular weight excluding hydrogens is 420 g/mol. The minimum absolute atomic E-state index is 0.0550. The van der Waals surface area contributed by atoms with Gasteiger partial charge in [0, 0.05) is 26.3 Å². The summed E-state index contributed by atoms with van der Waals surface area (Å²) in [6.07, 6.45) is 7.45. The summed E-state index contributed by atoms with van der Waals surface area (Å²) in [6.45, 7) is 6.07. The smallest absolute Gasteiger partial charge is 0.227 e. The monoisotopic (exact) mass is 456 g/mol. The zero-order valence-electron chi connectivity index (χ0n) is 20.0. The fourth-order valence-corrected chi connectivity index (χ4v) is 4.29. The summed E-state index contributed by atoms with van der Waals surface area (Å²) in [5.74, 6) is 1.65. The van der Waals surface area contributed by atoms with E-state index in [1.165, 1.54) is 6.92 Å². The Kier molecular flexibility index (Phi) is 8.86. The number of aromatic nitrogens is 2. The molecule has 0 spiro atoms. The largest absolute Gasteiger partial charge is 0.491 e. The fourth-order valence-electron chi connectivity index (χ4n) is 4.29. The number of ether oxygens (including phenoxy) is 1. The number of rotatable bonds is 10. The third kappa shape index (κ3) is 7.58. The molecule has 33 heavy (non-hydrogen) atoms. The van der Waals surface area contributed by atoms with E-state index in [9.17, 15) is 9.59 Å². The van der Waals surface area contributed by atoms with Crippen LogP contribution in [-0.2, 0) is 28.0 Å². The van der Waals surface area contributed by atoms with Crippen molar-refractivity contribution >= 4 is 11.8 Å². The highest BCUT2D eigenvalue weighted by Crippen LogP contribution is 2.34. The minimum Gasteiger partial charge on any atom is -0.491 e. The number of amides is 2. The molecule has 1 aliphatic carbocycles. The number of nitrogens with zero attached hydrogens (tertiary/aromatic N) is 2. The number of benzene rings is 1. The second-order valence-electron chi connectivity index (χ2n) is 9.10. The molecule has 0 unspecified atom stereocenters. The van der Waals surface area contributed by atoms with Gasteiger partial charge in [0.1, 0.15) is 11.3 Å². The Morgan fingerprint density at radius 2 is 1.79 bits per heavy atom. The average Bonchev–Trinajstić information content (AvgIpc) is 3.13. The maximum atomic E-state index is 12.3. The third-order valence-corrected chi connectivity index (χ3v) is 5.87. The average molecular weight is 457 g/mol. The molecule has 1 aliphatic rings. The number of aryl methyl sites for hydroxylation is 1. The summed E-state index contributed by atoms with van der Waals surface area (Å²) >= 11 is 0. The molecule has 180 valence electrons. The van der Waals surface area contributed by atoms with Crippen LogP contribution in [0, 0.1) is 0 Å². The third-order valence-electron chi connectivity index (χ3n) is 5.87. The lowest BCUT2D eigenvalue weighted by Crippen LogP contribution is -2.45. The van der Waals surface area contributed by atoms with Gasteiger partial charge in [-0.1, -0.05) is 43.0 Å². The first kappa shape index (κ1) is 24.7. The van der Waals surface area contributed by atoms with Crippen molar-refractivity contribution in [2.45, 2.75) is 90.2 Å². The van der Waals surface area contributed by atoms with Crippen LogP contribution in [0.15, 0.2) is 28.8 Å². The second-order valence-corrected chi connectivity index (χ2v) is 9.10. The van der Waals surface area contributed by atoms with E-state index >= 15 is 0 Å². The van der Waals surface area contributed by atoms with Crippen molar-refractivity contribution in [3.05, 3.63) is 41.5 Å². The van der Waals surface area contributed by atoms with Gasteiger partial charge >= 0.3 is 0 Å². The zero-order chi connectivity index (χ0) is 23.7. The highest BCUT2D eigenvalue weighted by atomic mass is 16.5. The Hall–Kier alpha value is -2.90. The number of hydrogen-bond donors (Lipinski definition) is 2. The Bertz CT molecular complexity index is 899. The summed E-state index contributed by atoms with van der Waals surface area (Å²) in [6, 6.07) is 7.93. The van der Waals surface area contributed by atoms with Gasteiger partial charge in [-0.3, -0.25) is 9.59 Å². The van der Waals surface area contributed by atoms with Crippen molar-refractivity contribution in [1.29, 1.82) is 0 Å². The maximum Gasteiger partial charge on any atom is 0.227 e. The van der Waals surface area contributed by atoms with Crippen LogP contribution in [0.5, 0.6) is 5.75 Å². The molecule has 1 aromatic heterocycles. The molecule has 1 saturated carbocycles. The molecule has 2 N–H and O–H groups in total. The van der Waals surface area contributed by atoms with E-state index in [1.54, 1.807) is 0 Å². The molecule has 2 aromatic rings. The van der Waals surface area contributed by atoms with Crippen LogP contribution in [0.25, 0.3) is 0 Å². The lowest BCUT2D eigenvalue weighted by atomic mass is 9.89. The van der Waals surface area contributed by atoms with E-state index in [-0.39, 0.29) is 24.3 Å². The molecule has 8 heteroatoms. The Balaban J connectivity index is 1.46. The lowest BCUT2D eigenvalue weighted by molar-refractivity contribution is -0.122. The summed E-state index contributed by atoms with van der Waals surface area (Å²) in [5.41, 5.74) is 0.571. The molecule has 0 atom stereocenters. The normalized spacial score (nSPS) is 15.6. The number of nitrogens with one attached hydrogen (secondary N) is 2. The van der Waals surface area contributed by atoms with Crippen LogP contribution in [0.2, 0.25) is 0 Å². The lowest BCUT2D eigenvalue weighted by Gasteiger charge is -2.30. The van der Waals surface area contributed by atoms with Crippen molar-refractivity contribution in [2.24, 2.45) is 0 Å². The number of carbonyl (C=O) groups excluding carboxylic acids is 2. The van der Waals surface area contributed by atoms with Gasteiger partial charge in [-0.05, 0) is 50.8 Å². The minimum atomic E-state index is -0.567.